The van der Waals surface area contributed by atoms with Crippen molar-refractivity contribution in [1.82, 2.24) is 0 Å². The van der Waals surface area contributed by atoms with E-state index in [1.807, 2.05) is 0 Å². The van der Waals surface area contributed by atoms with Crippen molar-refractivity contribution in [2.45, 2.75) is 89.6 Å². The summed E-state index contributed by atoms with van der Waals surface area (Å²) in [5.74, 6) is -0.323. The van der Waals surface area contributed by atoms with Gasteiger partial charge >= 0.3 is 6.18 Å². The van der Waals surface area contributed by atoms with Gasteiger partial charge in [0.1, 0.15) is 5.78 Å². The van der Waals surface area contributed by atoms with Crippen LogP contribution in [0.1, 0.15) is 89.0 Å². The number of unbranched alkanes of at least 4 members (excludes halogenated alkanes) is 8. The number of benzene rings is 1. The number of ketones is 1. The first-order valence-electron chi connectivity index (χ1n) is 11.7. The van der Waals surface area contributed by atoms with Crippen LogP contribution in [0, 0.1) is 5.41 Å². The Morgan fingerprint density at radius 2 is 1.33 bits per heavy atom. The Bertz CT molecular complexity index is 753. The molecule has 5 N–H and O–H groups in total. The van der Waals surface area contributed by atoms with Gasteiger partial charge in [-0.2, -0.15) is 13.2 Å². The largest absolute Gasteiger partial charge is 0.416 e. The number of Topliss-reactive ketones (excluding diaryl/α,β-unsaturated/α-hetero) is 1. The highest BCUT2D eigenvalue weighted by atomic mass is 19.4. The van der Waals surface area contributed by atoms with E-state index in [-0.39, 0.29) is 23.3 Å². The molecule has 0 saturated carbocycles. The summed E-state index contributed by atoms with van der Waals surface area (Å²) >= 11 is 0. The van der Waals surface area contributed by atoms with Crippen LogP contribution in [0.3, 0.4) is 0 Å². The number of nitrogens with two attached hydrogens (primary N) is 2. The van der Waals surface area contributed by atoms with Gasteiger partial charge in [0, 0.05) is 31.5 Å². The number of hydrogen-bond donors (Lipinski definition) is 3. The molecule has 0 bridgehead atoms. The van der Waals surface area contributed by atoms with Gasteiger partial charge in [-0.25, -0.2) is 0 Å². The summed E-state index contributed by atoms with van der Waals surface area (Å²) in [6, 6.07) is 4.78. The number of amides is 1. The number of guanidine groups is 1. The molecule has 1 aromatic carbocycles. The van der Waals surface area contributed by atoms with Crippen molar-refractivity contribution in [3.8, 4) is 0 Å². The maximum Gasteiger partial charge on any atom is 0.416 e. The van der Waals surface area contributed by atoms with Crippen molar-refractivity contribution < 1.29 is 22.8 Å². The molecule has 1 amide bonds. The Balaban J connectivity index is 2.18. The number of nitrogens with zero attached hydrogens (tertiary/aromatic N) is 1. The Morgan fingerprint density at radius 1 is 0.818 bits per heavy atom. The molecule has 0 heterocycles. The minimum absolute atomic E-state index is 0.234. The first kappa shape index (κ1) is 28.5. The molecule has 1 rings (SSSR count). The zero-order valence-corrected chi connectivity index (χ0v) is 19.3. The molecule has 0 aromatic heterocycles. The van der Waals surface area contributed by atoms with Gasteiger partial charge in [0.25, 0.3) is 0 Å². The zero-order chi connectivity index (χ0) is 24.7. The van der Waals surface area contributed by atoms with Crippen LogP contribution in [0.15, 0.2) is 24.3 Å². The lowest BCUT2D eigenvalue weighted by molar-refractivity contribution is -0.137. The average molecular weight is 471 g/mol. The van der Waals surface area contributed by atoms with Crippen LogP contribution in [0.25, 0.3) is 0 Å². The second kappa shape index (κ2) is 15.3. The van der Waals surface area contributed by atoms with Crippen LogP contribution >= 0.6 is 0 Å². The van der Waals surface area contributed by atoms with Crippen molar-refractivity contribution in [2.24, 2.45) is 11.5 Å². The van der Waals surface area contributed by atoms with Crippen molar-refractivity contribution in [3.05, 3.63) is 29.8 Å². The van der Waals surface area contributed by atoms with E-state index in [2.05, 4.69) is 0 Å². The smallest absolute Gasteiger partial charge is 0.370 e. The van der Waals surface area contributed by atoms with Gasteiger partial charge in [0.15, 0.2) is 5.96 Å². The third kappa shape index (κ3) is 12.9. The highest BCUT2D eigenvalue weighted by Gasteiger charge is 2.31. The summed E-state index contributed by atoms with van der Waals surface area (Å²) < 4.78 is 38.8. The van der Waals surface area contributed by atoms with Gasteiger partial charge in [-0.05, 0) is 43.9 Å². The number of halogens is 3. The summed E-state index contributed by atoms with van der Waals surface area (Å²) in [5, 5.41) is 7.69. The Morgan fingerprint density at radius 3 is 1.85 bits per heavy atom. The average Bonchev–Trinajstić information content (AvgIpc) is 2.74. The topological polar surface area (TPSA) is 113 Å². The second-order valence-corrected chi connectivity index (χ2v) is 8.38. The predicted molar refractivity (Wildman–Crippen MR) is 125 cm³/mol. The number of nitrogens with one attached hydrogen (secondary N) is 1. The van der Waals surface area contributed by atoms with Gasteiger partial charge in [-0.3, -0.25) is 15.0 Å². The quantitative estimate of drug-likeness (QED) is 0.158. The van der Waals surface area contributed by atoms with E-state index in [0.29, 0.717) is 38.6 Å². The minimum Gasteiger partial charge on any atom is -0.370 e. The van der Waals surface area contributed by atoms with E-state index < -0.39 is 11.7 Å². The molecule has 0 aliphatic carbocycles. The molecule has 0 aliphatic heterocycles. The molecule has 0 aliphatic rings. The standard InChI is InChI=1S/C24H37F3N4O2/c25-24(26,27)19-12-11-13-20(18-19)31(23(29)30)17-10-6-8-15-21(32)14-7-4-2-1-3-5-9-16-22(28)33/h11-13,18H,1-10,14-17H2,(H2,28,33)(H3,29,30). The lowest BCUT2D eigenvalue weighted by Gasteiger charge is -2.23. The number of primary amides is 1. The van der Waals surface area contributed by atoms with Crippen molar-refractivity contribution >= 4 is 23.3 Å². The van der Waals surface area contributed by atoms with Crippen molar-refractivity contribution in [3.63, 3.8) is 0 Å². The van der Waals surface area contributed by atoms with Crippen molar-refractivity contribution in [2.75, 3.05) is 11.4 Å². The van der Waals surface area contributed by atoms with E-state index in [1.165, 1.54) is 17.0 Å². The summed E-state index contributed by atoms with van der Waals surface area (Å²) in [6.45, 7) is 0.324. The zero-order valence-electron chi connectivity index (χ0n) is 19.3. The predicted octanol–water partition coefficient (Wildman–Crippen LogP) is 5.53. The SMILES string of the molecule is N=C(N)N(CCCCCC(=O)CCCCCCCCCC(N)=O)c1cccc(C(F)(F)F)c1. The molecule has 0 saturated heterocycles. The normalized spacial score (nSPS) is 11.4. The van der Waals surface area contributed by atoms with Crippen LogP contribution in [-0.2, 0) is 15.8 Å². The molecule has 186 valence electrons. The highest BCUT2D eigenvalue weighted by molar-refractivity contribution is 5.92. The molecule has 1 aromatic rings. The fourth-order valence-corrected chi connectivity index (χ4v) is 3.64. The molecule has 0 radical (unpaired) electrons. The first-order chi connectivity index (χ1) is 15.6. The van der Waals surface area contributed by atoms with Crippen molar-refractivity contribution in [1.29, 1.82) is 5.41 Å². The van der Waals surface area contributed by atoms with Crippen LogP contribution in [0.2, 0.25) is 0 Å². The summed E-state index contributed by atoms with van der Waals surface area (Å²) in [6.07, 6.45) is 6.17. The molecule has 33 heavy (non-hydrogen) atoms. The molecule has 6 nitrogen and oxygen atoms in total. The van der Waals surface area contributed by atoms with Crippen LogP contribution in [-0.4, -0.2) is 24.2 Å². The number of anilines is 1. The summed E-state index contributed by atoms with van der Waals surface area (Å²) in [4.78, 5) is 24.0. The van der Waals surface area contributed by atoms with Gasteiger partial charge in [-0.1, -0.05) is 44.6 Å². The molecule has 0 fully saturated rings. The fraction of sp³-hybridized carbons (Fsp3) is 0.625. The summed E-state index contributed by atoms with van der Waals surface area (Å²) in [5.41, 5.74) is 10.1. The van der Waals surface area contributed by atoms with Crippen LogP contribution in [0.5, 0.6) is 0 Å². The number of carbonyl (C=O) groups excluding carboxylic acids is 2. The number of alkyl halides is 3. The molecule has 9 heteroatoms. The maximum absolute atomic E-state index is 12.9. The lowest BCUT2D eigenvalue weighted by Crippen LogP contribution is -2.37. The minimum atomic E-state index is -4.45. The highest BCUT2D eigenvalue weighted by Crippen LogP contribution is 2.31. The Hall–Kier alpha value is -2.58. The number of carbonyl (C=O) groups is 2. The molecule has 0 spiro atoms. The van der Waals surface area contributed by atoms with Crippen LogP contribution < -0.4 is 16.4 Å². The lowest BCUT2D eigenvalue weighted by atomic mass is 10.0. The van der Waals surface area contributed by atoms with E-state index in [9.17, 15) is 22.8 Å². The summed E-state index contributed by atoms with van der Waals surface area (Å²) in [7, 11) is 0. The monoisotopic (exact) mass is 470 g/mol. The van der Waals surface area contributed by atoms with Gasteiger partial charge < -0.3 is 16.4 Å². The number of hydrogen-bond acceptors (Lipinski definition) is 3. The van der Waals surface area contributed by atoms with Gasteiger partial charge in [-0.15, -0.1) is 0 Å². The molecule has 0 atom stereocenters. The third-order valence-corrected chi connectivity index (χ3v) is 5.49. The van der Waals surface area contributed by atoms with Gasteiger partial charge in [0.2, 0.25) is 5.91 Å². The second-order valence-electron chi connectivity index (χ2n) is 8.38. The number of rotatable bonds is 17. The molecule has 0 unspecified atom stereocenters. The fourth-order valence-electron chi connectivity index (χ4n) is 3.64. The van der Waals surface area contributed by atoms with E-state index in [4.69, 9.17) is 16.9 Å². The van der Waals surface area contributed by atoms with E-state index >= 15 is 0 Å². The van der Waals surface area contributed by atoms with E-state index in [0.717, 1.165) is 63.5 Å². The van der Waals surface area contributed by atoms with Gasteiger partial charge in [0.05, 0.1) is 5.56 Å². The first-order valence-corrected chi connectivity index (χ1v) is 11.7. The molecular formula is C24H37F3N4O2. The Labute approximate surface area is 194 Å². The Kier molecular flexibility index (Phi) is 13.2. The maximum atomic E-state index is 12.9. The van der Waals surface area contributed by atoms with E-state index in [1.54, 1.807) is 0 Å². The molecular weight excluding hydrogens is 433 g/mol. The third-order valence-electron chi connectivity index (χ3n) is 5.49. The van der Waals surface area contributed by atoms with Crippen LogP contribution in [0.4, 0.5) is 18.9 Å².